The van der Waals surface area contributed by atoms with Crippen molar-refractivity contribution < 1.29 is 0 Å². The van der Waals surface area contributed by atoms with E-state index in [9.17, 15) is 4.79 Å². The fraction of sp³-hybridized carbons (Fsp3) is 0.350. The van der Waals surface area contributed by atoms with Gasteiger partial charge in [0.15, 0.2) is 0 Å². The lowest BCUT2D eigenvalue weighted by Crippen LogP contribution is -2.37. The Morgan fingerprint density at radius 2 is 2.12 bits per heavy atom. The summed E-state index contributed by atoms with van der Waals surface area (Å²) in [5.41, 5.74) is 3.74. The molecule has 0 saturated heterocycles. The molecule has 4 rings (SSSR count). The molecular weight excluding hydrogens is 326 g/mol. The van der Waals surface area contributed by atoms with Crippen LogP contribution >= 0.6 is 0 Å². The first kappa shape index (κ1) is 16.7. The molecule has 0 radical (unpaired) electrons. The molecule has 0 fully saturated rings. The number of rotatable bonds is 6. The van der Waals surface area contributed by atoms with Crippen LogP contribution in [-0.2, 0) is 32.5 Å². The summed E-state index contributed by atoms with van der Waals surface area (Å²) < 4.78 is 3.79. The van der Waals surface area contributed by atoms with E-state index in [1.165, 1.54) is 16.8 Å². The van der Waals surface area contributed by atoms with Crippen LogP contribution in [0, 0.1) is 0 Å². The minimum atomic E-state index is 0.0812. The van der Waals surface area contributed by atoms with E-state index in [1.54, 1.807) is 18.5 Å². The molecule has 134 valence electrons. The Labute approximate surface area is 152 Å². The highest BCUT2D eigenvalue weighted by molar-refractivity contribution is 5.25. The zero-order valence-corrected chi connectivity index (χ0v) is 14.7. The molecule has 0 bridgehead atoms. The second-order valence-electron chi connectivity index (χ2n) is 6.75. The van der Waals surface area contributed by atoms with Crippen LogP contribution in [0.4, 0.5) is 0 Å². The third-order valence-electron chi connectivity index (χ3n) is 5.02. The minimum absolute atomic E-state index is 0.0812. The largest absolute Gasteiger partial charge is 0.311 e. The molecule has 0 saturated carbocycles. The lowest BCUT2D eigenvalue weighted by molar-refractivity contribution is 0.431. The molecule has 0 spiro atoms. The zero-order valence-electron chi connectivity index (χ0n) is 14.7. The second kappa shape index (κ2) is 7.66. The number of pyridine rings is 2. The first-order chi connectivity index (χ1) is 12.8. The van der Waals surface area contributed by atoms with Crippen LogP contribution < -0.4 is 10.9 Å². The van der Waals surface area contributed by atoms with E-state index in [4.69, 9.17) is 0 Å². The van der Waals surface area contributed by atoms with Crippen molar-refractivity contribution in [1.29, 1.82) is 0 Å². The molecule has 26 heavy (non-hydrogen) atoms. The van der Waals surface area contributed by atoms with Crippen LogP contribution in [0.1, 0.15) is 23.2 Å². The minimum Gasteiger partial charge on any atom is -0.311 e. The van der Waals surface area contributed by atoms with Crippen LogP contribution in [0.25, 0.3) is 0 Å². The van der Waals surface area contributed by atoms with Gasteiger partial charge in [-0.2, -0.15) is 5.10 Å². The molecule has 1 unspecified atom stereocenters. The molecule has 1 aliphatic rings. The summed E-state index contributed by atoms with van der Waals surface area (Å²) in [5, 5.41) is 7.85. The van der Waals surface area contributed by atoms with Crippen molar-refractivity contribution in [2.45, 2.75) is 44.9 Å². The second-order valence-corrected chi connectivity index (χ2v) is 6.75. The third-order valence-corrected chi connectivity index (χ3v) is 5.02. The number of aryl methyl sites for hydroxylation is 1. The van der Waals surface area contributed by atoms with Gasteiger partial charge in [-0.3, -0.25) is 14.5 Å². The average Bonchev–Trinajstić information content (AvgIpc) is 3.20. The highest BCUT2D eigenvalue weighted by Gasteiger charge is 2.21. The monoisotopic (exact) mass is 349 g/mol. The highest BCUT2D eigenvalue weighted by atomic mass is 16.1. The Morgan fingerprint density at radius 1 is 1.15 bits per heavy atom. The van der Waals surface area contributed by atoms with Crippen molar-refractivity contribution in [1.82, 2.24) is 24.6 Å². The lowest BCUT2D eigenvalue weighted by Gasteiger charge is -2.28. The number of nitrogens with one attached hydrogen (secondary N) is 1. The summed E-state index contributed by atoms with van der Waals surface area (Å²) in [6.45, 7) is 2.20. The van der Waals surface area contributed by atoms with Gasteiger partial charge >= 0.3 is 0 Å². The lowest BCUT2D eigenvalue weighted by atomic mass is 9.91. The molecule has 1 N–H and O–H groups in total. The smallest absolute Gasteiger partial charge is 0.250 e. The predicted molar refractivity (Wildman–Crippen MR) is 99.8 cm³/mol. The Morgan fingerprint density at radius 3 is 2.92 bits per heavy atom. The maximum atomic E-state index is 12.4. The average molecular weight is 349 g/mol. The summed E-state index contributed by atoms with van der Waals surface area (Å²) in [6, 6.07) is 10.1. The van der Waals surface area contributed by atoms with Crippen molar-refractivity contribution in [3.8, 4) is 0 Å². The first-order valence-electron chi connectivity index (χ1n) is 9.11. The molecule has 0 amide bonds. The summed E-state index contributed by atoms with van der Waals surface area (Å²) >= 11 is 0. The van der Waals surface area contributed by atoms with Gasteiger partial charge in [0.25, 0.3) is 5.56 Å². The molecule has 3 aromatic heterocycles. The van der Waals surface area contributed by atoms with Gasteiger partial charge in [0.1, 0.15) is 0 Å². The summed E-state index contributed by atoms with van der Waals surface area (Å²) in [4.78, 5) is 16.5. The van der Waals surface area contributed by atoms with E-state index in [0.717, 1.165) is 25.8 Å². The van der Waals surface area contributed by atoms with Gasteiger partial charge in [0, 0.05) is 55.7 Å². The zero-order chi connectivity index (χ0) is 17.8. The van der Waals surface area contributed by atoms with Gasteiger partial charge in [-0.1, -0.05) is 12.1 Å². The number of nitrogens with zero attached hydrogens (tertiary/aromatic N) is 4. The van der Waals surface area contributed by atoms with E-state index < -0.39 is 0 Å². The van der Waals surface area contributed by atoms with Crippen LogP contribution in [0.2, 0.25) is 0 Å². The maximum Gasteiger partial charge on any atom is 0.250 e. The normalized spacial score (nSPS) is 16.4. The number of aromatic nitrogens is 4. The van der Waals surface area contributed by atoms with Crippen LogP contribution in [0.5, 0.6) is 0 Å². The molecule has 1 atom stereocenters. The molecule has 3 aromatic rings. The van der Waals surface area contributed by atoms with Gasteiger partial charge in [0.2, 0.25) is 0 Å². The van der Waals surface area contributed by atoms with Crippen molar-refractivity contribution >= 4 is 0 Å². The van der Waals surface area contributed by atoms with Crippen molar-refractivity contribution in [3.05, 3.63) is 82.3 Å². The Balaban J connectivity index is 1.44. The van der Waals surface area contributed by atoms with Crippen LogP contribution in [-0.4, -0.2) is 25.4 Å². The maximum absolute atomic E-state index is 12.4. The molecule has 3 heterocycles. The Hall–Kier alpha value is -2.73. The molecule has 0 aliphatic heterocycles. The Bertz CT molecular complexity index is 902. The van der Waals surface area contributed by atoms with Gasteiger partial charge < -0.3 is 9.88 Å². The third kappa shape index (κ3) is 3.75. The van der Waals surface area contributed by atoms with Crippen molar-refractivity contribution in [2.75, 3.05) is 0 Å². The molecular formula is C20H23N5O. The summed E-state index contributed by atoms with van der Waals surface area (Å²) in [5.74, 6) is 0. The molecule has 6 heteroatoms. The predicted octanol–water partition coefficient (Wildman–Crippen LogP) is 1.79. The van der Waals surface area contributed by atoms with E-state index in [1.807, 2.05) is 39.8 Å². The quantitative estimate of drug-likeness (QED) is 0.737. The van der Waals surface area contributed by atoms with Gasteiger partial charge in [-0.05, 0) is 42.5 Å². The number of hydrogen-bond acceptors (Lipinski definition) is 4. The van der Waals surface area contributed by atoms with E-state index in [2.05, 4.69) is 21.5 Å². The van der Waals surface area contributed by atoms with Crippen LogP contribution in [0.3, 0.4) is 0 Å². The Kier molecular flexibility index (Phi) is 4.93. The highest BCUT2D eigenvalue weighted by Crippen LogP contribution is 2.20. The van der Waals surface area contributed by atoms with E-state index >= 15 is 0 Å². The molecule has 6 nitrogen and oxygen atoms in total. The number of fused-ring (bicyclic) bond motifs is 1. The van der Waals surface area contributed by atoms with E-state index in [0.29, 0.717) is 19.1 Å². The van der Waals surface area contributed by atoms with Crippen molar-refractivity contribution in [2.24, 2.45) is 0 Å². The molecule has 0 aromatic carbocycles. The first-order valence-corrected chi connectivity index (χ1v) is 9.11. The standard InChI is InChI=1S/C20H23N5O/c26-20-7-4-17-13-18(22-15-16-3-1-8-21-14-16)5-6-19(17)25(20)12-11-24-10-2-9-23-24/h1-4,7-10,14,18,22H,5-6,11-13,15H2. The number of hydrogen-bond donors (Lipinski definition) is 1. The fourth-order valence-corrected chi connectivity index (χ4v) is 3.64. The van der Waals surface area contributed by atoms with Gasteiger partial charge in [-0.25, -0.2) is 0 Å². The fourth-order valence-electron chi connectivity index (χ4n) is 3.64. The summed E-state index contributed by atoms with van der Waals surface area (Å²) in [7, 11) is 0. The van der Waals surface area contributed by atoms with Gasteiger partial charge in [0.05, 0.1) is 6.54 Å². The molecule has 1 aliphatic carbocycles. The van der Waals surface area contributed by atoms with Gasteiger partial charge in [-0.15, -0.1) is 0 Å². The van der Waals surface area contributed by atoms with Crippen LogP contribution in [0.15, 0.2) is 59.9 Å². The SMILES string of the molecule is O=c1ccc2c(n1CCn1cccn1)CCC(NCc1cccnc1)C2. The van der Waals surface area contributed by atoms with E-state index in [-0.39, 0.29) is 5.56 Å². The summed E-state index contributed by atoms with van der Waals surface area (Å²) in [6.07, 6.45) is 10.3. The van der Waals surface area contributed by atoms with Crippen molar-refractivity contribution in [3.63, 3.8) is 0 Å². The topological polar surface area (TPSA) is 64.7 Å².